The van der Waals surface area contributed by atoms with Crippen molar-refractivity contribution in [1.82, 2.24) is 9.62 Å². The van der Waals surface area contributed by atoms with Gasteiger partial charge in [0.15, 0.2) is 4.91 Å². The quantitative estimate of drug-likeness (QED) is 0.720. The van der Waals surface area contributed by atoms with Crippen molar-refractivity contribution < 1.29 is 22.7 Å². The summed E-state index contributed by atoms with van der Waals surface area (Å²) in [4.78, 5) is 28.1. The van der Waals surface area contributed by atoms with Crippen molar-refractivity contribution in [3.63, 3.8) is 0 Å². The molecule has 1 aliphatic carbocycles. The summed E-state index contributed by atoms with van der Waals surface area (Å²) in [6.07, 6.45) is 3.72. The average molecular weight is 455 g/mol. The normalized spacial score (nSPS) is 17.2. The fraction of sp³-hybridized carbons (Fsp3) is 0.333. The van der Waals surface area contributed by atoms with Crippen molar-refractivity contribution in [3.8, 4) is 5.75 Å². The topological polar surface area (TPSA) is 92.8 Å². The van der Waals surface area contributed by atoms with Crippen LogP contribution >= 0.6 is 0 Å². The smallest absolute Gasteiger partial charge is 0.247 e. The van der Waals surface area contributed by atoms with Gasteiger partial charge in [0.25, 0.3) is 0 Å². The molecule has 0 aromatic heterocycles. The lowest BCUT2D eigenvalue weighted by atomic mass is 9.91. The van der Waals surface area contributed by atoms with E-state index in [1.165, 1.54) is 6.07 Å². The second kappa shape index (κ2) is 9.26. The monoisotopic (exact) mass is 454 g/mol. The molecule has 1 aliphatic heterocycles. The number of fused-ring (bicyclic) bond motifs is 1. The van der Waals surface area contributed by atoms with Gasteiger partial charge in [-0.1, -0.05) is 49.2 Å². The maximum absolute atomic E-state index is 13.4. The molecule has 8 heteroatoms. The Hall–Kier alpha value is -2.97. The Bertz CT molecular complexity index is 1160. The summed E-state index contributed by atoms with van der Waals surface area (Å²) in [7, 11) is -2.69. The summed E-state index contributed by atoms with van der Waals surface area (Å²) in [5.41, 5.74) is 1.09. The molecule has 0 bridgehead atoms. The summed E-state index contributed by atoms with van der Waals surface area (Å²) in [6.45, 7) is 1.09. The van der Waals surface area contributed by atoms with E-state index in [4.69, 9.17) is 4.74 Å². The van der Waals surface area contributed by atoms with Crippen molar-refractivity contribution in [2.24, 2.45) is 0 Å². The van der Waals surface area contributed by atoms with Gasteiger partial charge in [-0.15, -0.1) is 0 Å². The Kier molecular flexibility index (Phi) is 6.43. The number of ketones is 2. The van der Waals surface area contributed by atoms with E-state index in [0.29, 0.717) is 24.4 Å². The molecule has 0 amide bonds. The Morgan fingerprint density at radius 3 is 2.06 bits per heavy atom. The molecule has 0 unspecified atom stereocenters. The van der Waals surface area contributed by atoms with Crippen molar-refractivity contribution in [3.05, 3.63) is 75.8 Å². The zero-order chi connectivity index (χ0) is 22.7. The van der Waals surface area contributed by atoms with Crippen molar-refractivity contribution in [2.45, 2.75) is 32.2 Å². The molecule has 2 aliphatic rings. The van der Waals surface area contributed by atoms with Gasteiger partial charge in [-0.25, -0.2) is 13.1 Å². The molecule has 0 spiro atoms. The molecule has 1 heterocycles. The average Bonchev–Trinajstić information content (AvgIpc) is 3.09. The first-order valence-corrected chi connectivity index (χ1v) is 12.2. The van der Waals surface area contributed by atoms with E-state index in [1.807, 2.05) is 0 Å². The number of benzene rings is 2. The third-order valence-electron chi connectivity index (χ3n) is 5.87. The van der Waals surface area contributed by atoms with Gasteiger partial charge >= 0.3 is 0 Å². The van der Waals surface area contributed by atoms with Crippen LogP contribution in [0.1, 0.15) is 52.0 Å². The maximum atomic E-state index is 13.4. The van der Waals surface area contributed by atoms with Crippen LogP contribution in [0, 0.1) is 0 Å². The number of nitrogens with zero attached hydrogens (tertiary/aromatic N) is 1. The van der Waals surface area contributed by atoms with Gasteiger partial charge < -0.3 is 9.64 Å². The summed E-state index contributed by atoms with van der Waals surface area (Å²) in [6, 6.07) is 13.4. The summed E-state index contributed by atoms with van der Waals surface area (Å²) >= 11 is 0. The SMILES string of the molecule is COc1ccc(CNS(=O)(=O)C2=C(N3CCCCCC3)C(=O)c3ccccc3C2=O)cc1. The second-order valence-electron chi connectivity index (χ2n) is 7.96. The number of hydrogen-bond acceptors (Lipinski definition) is 6. The van der Waals surface area contributed by atoms with Gasteiger partial charge in [0.1, 0.15) is 11.4 Å². The maximum Gasteiger partial charge on any atom is 0.247 e. The van der Waals surface area contributed by atoms with E-state index < -0.39 is 26.5 Å². The van der Waals surface area contributed by atoms with E-state index >= 15 is 0 Å². The standard InChI is InChI=1S/C24H26N2O5S/c1-31-18-12-10-17(11-13-18)16-25-32(29,30)24-21(26-14-6-2-3-7-15-26)22(27)19-8-4-5-9-20(19)23(24)28/h4-5,8-13,25H,2-3,6-7,14-16H2,1H3. The highest BCUT2D eigenvalue weighted by molar-refractivity contribution is 7.94. The number of nitrogens with one attached hydrogen (secondary N) is 1. The molecular formula is C24H26N2O5S. The van der Waals surface area contributed by atoms with Gasteiger partial charge in [-0.3, -0.25) is 9.59 Å². The molecule has 0 radical (unpaired) electrons. The molecule has 0 atom stereocenters. The van der Waals surface area contributed by atoms with Crippen LogP contribution in [0.3, 0.4) is 0 Å². The highest BCUT2D eigenvalue weighted by atomic mass is 32.2. The van der Waals surface area contributed by atoms with Crippen molar-refractivity contribution >= 4 is 21.6 Å². The fourth-order valence-corrected chi connectivity index (χ4v) is 5.50. The fourth-order valence-electron chi connectivity index (χ4n) is 4.16. The molecule has 0 saturated carbocycles. The van der Waals surface area contributed by atoms with Crippen LogP contribution in [0.25, 0.3) is 0 Å². The molecule has 2 aromatic rings. The molecule has 168 valence electrons. The lowest BCUT2D eigenvalue weighted by molar-refractivity contribution is 0.0947. The lowest BCUT2D eigenvalue weighted by Crippen LogP contribution is -2.40. The molecule has 4 rings (SSSR count). The number of methoxy groups -OCH3 is 1. The van der Waals surface area contributed by atoms with E-state index in [0.717, 1.165) is 25.7 Å². The van der Waals surface area contributed by atoms with E-state index in [1.54, 1.807) is 54.5 Å². The minimum absolute atomic E-state index is 0.00201. The molecule has 1 N–H and O–H groups in total. The highest BCUT2D eigenvalue weighted by Gasteiger charge is 2.41. The molecule has 1 saturated heterocycles. The number of allylic oxidation sites excluding steroid dienone is 2. The summed E-state index contributed by atoms with van der Waals surface area (Å²) < 4.78 is 34.4. The van der Waals surface area contributed by atoms with Crippen LogP contribution in [-0.4, -0.2) is 45.1 Å². The molecule has 7 nitrogen and oxygen atoms in total. The Morgan fingerprint density at radius 2 is 1.47 bits per heavy atom. The van der Waals surface area contributed by atoms with E-state index in [-0.39, 0.29) is 23.4 Å². The zero-order valence-corrected chi connectivity index (χ0v) is 18.8. The van der Waals surface area contributed by atoms with Crippen LogP contribution in [0.2, 0.25) is 0 Å². The molecular weight excluding hydrogens is 428 g/mol. The molecule has 2 aromatic carbocycles. The van der Waals surface area contributed by atoms with Crippen LogP contribution in [0.4, 0.5) is 0 Å². The molecule has 32 heavy (non-hydrogen) atoms. The first kappa shape index (κ1) is 22.2. The largest absolute Gasteiger partial charge is 0.497 e. The van der Waals surface area contributed by atoms with Crippen molar-refractivity contribution in [1.29, 1.82) is 0 Å². The van der Waals surface area contributed by atoms with E-state index in [9.17, 15) is 18.0 Å². The Labute approximate surface area is 188 Å². The van der Waals surface area contributed by atoms with Crippen LogP contribution in [0.5, 0.6) is 5.75 Å². The number of rotatable bonds is 6. The van der Waals surface area contributed by atoms with Crippen LogP contribution < -0.4 is 9.46 Å². The number of sulfonamides is 1. The predicted octanol–water partition coefficient (Wildman–Crippen LogP) is 3.28. The molecule has 1 fully saturated rings. The number of ether oxygens (including phenoxy) is 1. The zero-order valence-electron chi connectivity index (χ0n) is 18.0. The first-order valence-electron chi connectivity index (χ1n) is 10.7. The number of Topliss-reactive ketones (excluding diaryl/α,β-unsaturated/α-hetero) is 2. The van der Waals surface area contributed by atoms with Crippen LogP contribution in [0.15, 0.2) is 59.1 Å². The van der Waals surface area contributed by atoms with Gasteiger partial charge in [0.05, 0.1) is 7.11 Å². The van der Waals surface area contributed by atoms with Gasteiger partial charge in [-0.2, -0.15) is 0 Å². The summed E-state index contributed by atoms with van der Waals surface area (Å²) in [5, 5.41) is 0. The number of likely N-dealkylation sites (tertiary alicyclic amines) is 1. The Morgan fingerprint density at radius 1 is 0.875 bits per heavy atom. The Balaban J connectivity index is 1.73. The number of carbonyl (C=O) groups is 2. The second-order valence-corrected chi connectivity index (χ2v) is 9.66. The van der Waals surface area contributed by atoms with Crippen LogP contribution in [-0.2, 0) is 16.6 Å². The minimum Gasteiger partial charge on any atom is -0.497 e. The number of hydrogen-bond donors (Lipinski definition) is 1. The first-order chi connectivity index (χ1) is 15.4. The van der Waals surface area contributed by atoms with E-state index in [2.05, 4.69) is 4.72 Å². The summed E-state index contributed by atoms with van der Waals surface area (Å²) in [5.74, 6) is -0.388. The van der Waals surface area contributed by atoms with Gasteiger partial charge in [-0.05, 0) is 30.5 Å². The van der Waals surface area contributed by atoms with Gasteiger partial charge in [0, 0.05) is 30.8 Å². The third-order valence-corrected chi connectivity index (χ3v) is 7.31. The third kappa shape index (κ3) is 4.33. The lowest BCUT2D eigenvalue weighted by Gasteiger charge is -2.30. The minimum atomic E-state index is -4.25. The van der Waals surface area contributed by atoms with Crippen molar-refractivity contribution in [2.75, 3.05) is 20.2 Å². The predicted molar refractivity (Wildman–Crippen MR) is 121 cm³/mol. The number of carbonyl (C=O) groups excluding carboxylic acids is 2. The highest BCUT2D eigenvalue weighted by Crippen LogP contribution is 2.32. The van der Waals surface area contributed by atoms with Gasteiger partial charge in [0.2, 0.25) is 21.6 Å².